The number of nitrogens with two attached hydrogens (primary N) is 1. The molecule has 1 fully saturated rings. The van der Waals surface area contributed by atoms with E-state index in [0.29, 0.717) is 49.1 Å². The fourth-order valence-electron chi connectivity index (χ4n) is 5.49. The van der Waals surface area contributed by atoms with Crippen molar-refractivity contribution in [3.05, 3.63) is 59.8 Å². The number of carbonyl (C=O) groups is 2. The number of rotatable bonds is 2. The lowest BCUT2D eigenvalue weighted by atomic mass is 9.93. The SMILES string of the molecule is C=CC(=O)N1CCN2C(=O)c3cc(F)c(-c4ccc(F)c5sc(N)c(C#N)c45)c4cnn(c34)CCC2C1. The van der Waals surface area contributed by atoms with Gasteiger partial charge in [-0.3, -0.25) is 14.3 Å². The molecule has 4 heterocycles. The summed E-state index contributed by atoms with van der Waals surface area (Å²) in [6.07, 6.45) is 3.31. The molecule has 2 aliphatic rings. The minimum atomic E-state index is -0.686. The van der Waals surface area contributed by atoms with E-state index in [1.165, 1.54) is 30.5 Å². The predicted octanol–water partition coefficient (Wildman–Crippen LogP) is 3.89. The number of hydrogen-bond acceptors (Lipinski definition) is 6. The fraction of sp³-hybridized carbons (Fsp3) is 0.231. The van der Waals surface area contributed by atoms with Gasteiger partial charge in [-0.1, -0.05) is 12.6 Å². The van der Waals surface area contributed by atoms with Crippen molar-refractivity contribution in [2.75, 3.05) is 25.4 Å². The number of piperazine rings is 1. The summed E-state index contributed by atoms with van der Waals surface area (Å²) in [6, 6.07) is 5.61. The number of nitrogen functional groups attached to an aromatic ring is 1. The molecule has 0 spiro atoms. The van der Waals surface area contributed by atoms with Crippen molar-refractivity contribution in [1.29, 1.82) is 5.26 Å². The fourth-order valence-corrected chi connectivity index (χ4v) is 6.44. The third-order valence-electron chi connectivity index (χ3n) is 7.21. The summed E-state index contributed by atoms with van der Waals surface area (Å²) in [5.41, 5.74) is 7.17. The number of carbonyl (C=O) groups excluding carboxylic acids is 2. The average Bonchev–Trinajstić information content (AvgIpc) is 3.47. The highest BCUT2D eigenvalue weighted by Crippen LogP contribution is 2.44. The largest absolute Gasteiger partial charge is 0.389 e. The molecule has 1 unspecified atom stereocenters. The highest BCUT2D eigenvalue weighted by molar-refractivity contribution is 7.23. The zero-order valence-electron chi connectivity index (χ0n) is 19.5. The average molecular weight is 519 g/mol. The Labute approximate surface area is 213 Å². The molecule has 2 amide bonds. The zero-order valence-corrected chi connectivity index (χ0v) is 20.3. The molecule has 6 rings (SSSR count). The van der Waals surface area contributed by atoms with Gasteiger partial charge in [-0.15, -0.1) is 11.3 Å². The van der Waals surface area contributed by atoms with Crippen LogP contribution in [0.1, 0.15) is 22.3 Å². The predicted molar refractivity (Wildman–Crippen MR) is 136 cm³/mol. The molecule has 8 nitrogen and oxygen atoms in total. The lowest BCUT2D eigenvalue weighted by Crippen LogP contribution is -2.57. The van der Waals surface area contributed by atoms with Gasteiger partial charge in [-0.25, -0.2) is 8.78 Å². The van der Waals surface area contributed by atoms with Gasteiger partial charge in [0.25, 0.3) is 5.91 Å². The van der Waals surface area contributed by atoms with Crippen LogP contribution in [0.4, 0.5) is 13.8 Å². The summed E-state index contributed by atoms with van der Waals surface area (Å²) in [6.45, 7) is 5.03. The normalized spacial score (nSPS) is 17.4. The number of aryl methyl sites for hydroxylation is 1. The van der Waals surface area contributed by atoms with Gasteiger partial charge in [0.1, 0.15) is 22.7 Å². The Balaban J connectivity index is 1.54. The van der Waals surface area contributed by atoms with Crippen LogP contribution in [0.5, 0.6) is 0 Å². The summed E-state index contributed by atoms with van der Waals surface area (Å²) in [5, 5.41) is 14.9. The Bertz CT molecular complexity index is 1700. The Morgan fingerprint density at radius 3 is 2.81 bits per heavy atom. The van der Waals surface area contributed by atoms with Crippen LogP contribution in [0.2, 0.25) is 0 Å². The summed E-state index contributed by atoms with van der Waals surface area (Å²) in [4.78, 5) is 29.2. The van der Waals surface area contributed by atoms with Crippen LogP contribution in [-0.2, 0) is 11.3 Å². The van der Waals surface area contributed by atoms with Gasteiger partial charge < -0.3 is 15.5 Å². The van der Waals surface area contributed by atoms with E-state index in [4.69, 9.17) is 5.73 Å². The van der Waals surface area contributed by atoms with Crippen LogP contribution in [0.25, 0.3) is 32.1 Å². The Hall–Kier alpha value is -4.30. The van der Waals surface area contributed by atoms with Crippen LogP contribution >= 0.6 is 11.3 Å². The molecule has 37 heavy (non-hydrogen) atoms. The summed E-state index contributed by atoms with van der Waals surface area (Å²) >= 11 is 0.939. The van der Waals surface area contributed by atoms with Crippen molar-refractivity contribution in [1.82, 2.24) is 19.6 Å². The van der Waals surface area contributed by atoms with E-state index in [9.17, 15) is 19.2 Å². The van der Waals surface area contributed by atoms with E-state index in [0.717, 1.165) is 11.3 Å². The van der Waals surface area contributed by atoms with Gasteiger partial charge in [-0.05, 0) is 30.2 Å². The van der Waals surface area contributed by atoms with Crippen LogP contribution in [0.3, 0.4) is 0 Å². The number of thiophene rings is 1. The van der Waals surface area contributed by atoms with Gasteiger partial charge in [0.15, 0.2) is 0 Å². The number of hydrogen-bond donors (Lipinski definition) is 1. The molecule has 2 N–H and O–H groups in total. The van der Waals surface area contributed by atoms with Crippen LogP contribution < -0.4 is 5.73 Å². The van der Waals surface area contributed by atoms with E-state index in [-0.39, 0.29) is 49.6 Å². The van der Waals surface area contributed by atoms with Gasteiger partial charge in [0, 0.05) is 42.5 Å². The molecule has 0 radical (unpaired) electrons. The standard InChI is InChI=1S/C26H20F2N6O2S/c1-2-20(35)32-7-8-33-13(12-32)5-6-34-23-15(26(33)36)9-19(28)21(17(23)11-31-34)14-3-4-18(27)24-22(14)16(10-29)25(30)37-24/h2-4,9,11,13H,1,5-8,12,30H2. The Morgan fingerprint density at radius 2 is 2.05 bits per heavy atom. The van der Waals surface area contributed by atoms with Gasteiger partial charge in [0.2, 0.25) is 5.91 Å². The van der Waals surface area contributed by atoms with Crippen molar-refractivity contribution < 1.29 is 18.4 Å². The highest BCUT2D eigenvalue weighted by atomic mass is 32.1. The third kappa shape index (κ3) is 3.33. The minimum absolute atomic E-state index is 0.0884. The summed E-state index contributed by atoms with van der Waals surface area (Å²) < 4.78 is 32.4. The highest BCUT2D eigenvalue weighted by Gasteiger charge is 2.36. The maximum absolute atomic E-state index is 15.9. The first-order valence-corrected chi connectivity index (χ1v) is 12.5. The van der Waals surface area contributed by atoms with Crippen LogP contribution in [-0.4, -0.2) is 57.1 Å². The van der Waals surface area contributed by atoms with Crippen molar-refractivity contribution in [2.24, 2.45) is 0 Å². The maximum atomic E-state index is 15.9. The molecule has 0 bridgehead atoms. The lowest BCUT2D eigenvalue weighted by Gasteiger charge is -2.42. The Kier molecular flexibility index (Phi) is 5.24. The number of nitrogens with zero attached hydrogens (tertiary/aromatic N) is 5. The maximum Gasteiger partial charge on any atom is 0.256 e. The monoisotopic (exact) mass is 518 g/mol. The van der Waals surface area contributed by atoms with Gasteiger partial charge >= 0.3 is 0 Å². The number of halogens is 2. The zero-order chi connectivity index (χ0) is 26.0. The second-order valence-corrected chi connectivity index (χ2v) is 10.1. The molecule has 1 saturated heterocycles. The molecular formula is C26H20F2N6O2S. The molecule has 11 heteroatoms. The molecule has 186 valence electrons. The minimum Gasteiger partial charge on any atom is -0.389 e. The van der Waals surface area contributed by atoms with Gasteiger partial charge in [-0.2, -0.15) is 10.4 Å². The summed E-state index contributed by atoms with van der Waals surface area (Å²) in [7, 11) is 0. The molecule has 0 aliphatic carbocycles. The molecule has 2 aliphatic heterocycles. The number of aromatic nitrogens is 2. The van der Waals surface area contributed by atoms with Crippen molar-refractivity contribution in [3.63, 3.8) is 0 Å². The topological polar surface area (TPSA) is 108 Å². The van der Waals surface area contributed by atoms with E-state index >= 15 is 4.39 Å². The lowest BCUT2D eigenvalue weighted by molar-refractivity contribution is -0.128. The first-order valence-electron chi connectivity index (χ1n) is 11.6. The molecule has 1 atom stereocenters. The van der Waals surface area contributed by atoms with E-state index < -0.39 is 11.6 Å². The summed E-state index contributed by atoms with van der Waals surface area (Å²) in [5.74, 6) is -1.77. The van der Waals surface area contributed by atoms with E-state index in [2.05, 4.69) is 11.7 Å². The third-order valence-corrected chi connectivity index (χ3v) is 8.23. The molecule has 2 aromatic carbocycles. The number of nitriles is 1. The number of amides is 2. The van der Waals surface area contributed by atoms with E-state index in [1.54, 1.807) is 14.5 Å². The molecule has 2 aromatic heterocycles. The van der Waals surface area contributed by atoms with Crippen molar-refractivity contribution in [3.8, 4) is 17.2 Å². The molecule has 4 aromatic rings. The number of anilines is 1. The molecule has 0 saturated carbocycles. The molecular weight excluding hydrogens is 498 g/mol. The second kappa shape index (κ2) is 8.38. The number of fused-ring (bicyclic) bond motifs is 2. The number of benzene rings is 2. The van der Waals surface area contributed by atoms with Crippen molar-refractivity contribution >= 4 is 49.1 Å². The first kappa shape index (κ1) is 23.1. The van der Waals surface area contributed by atoms with Gasteiger partial charge in [0.05, 0.1) is 33.6 Å². The smallest absolute Gasteiger partial charge is 0.256 e. The van der Waals surface area contributed by atoms with Crippen LogP contribution in [0.15, 0.2) is 37.1 Å². The van der Waals surface area contributed by atoms with Crippen molar-refractivity contribution in [2.45, 2.75) is 19.0 Å². The first-order chi connectivity index (χ1) is 17.8. The van der Waals surface area contributed by atoms with Crippen LogP contribution in [0, 0.1) is 23.0 Å². The quantitative estimate of drug-likeness (QED) is 0.405. The second-order valence-electron chi connectivity index (χ2n) is 9.09. The Morgan fingerprint density at radius 1 is 1.24 bits per heavy atom. The van der Waals surface area contributed by atoms with E-state index in [1.807, 2.05) is 6.07 Å².